The lowest BCUT2D eigenvalue weighted by atomic mass is 9.86. The summed E-state index contributed by atoms with van der Waals surface area (Å²) in [5.41, 5.74) is 1.83. The van der Waals surface area contributed by atoms with Gasteiger partial charge in [0, 0.05) is 18.2 Å². The van der Waals surface area contributed by atoms with E-state index in [1.165, 1.54) is 12.1 Å². The average Bonchev–Trinajstić information content (AvgIpc) is 2.62. The van der Waals surface area contributed by atoms with E-state index in [9.17, 15) is 14.3 Å². The molecule has 0 aliphatic rings. The molecule has 0 saturated heterocycles. The first-order chi connectivity index (χ1) is 13.1. The topological polar surface area (TPSA) is 49.8 Å². The van der Waals surface area contributed by atoms with E-state index < -0.39 is 0 Å². The van der Waals surface area contributed by atoms with Crippen molar-refractivity contribution in [3.05, 3.63) is 71.6 Å². The summed E-state index contributed by atoms with van der Waals surface area (Å²) in [4.78, 5) is 14.1. The van der Waals surface area contributed by atoms with E-state index in [0.717, 1.165) is 11.1 Å². The Morgan fingerprint density at radius 2 is 1.89 bits per heavy atom. The number of aliphatic hydroxyl groups excluding tert-OH is 1. The summed E-state index contributed by atoms with van der Waals surface area (Å²) >= 11 is 0. The highest BCUT2D eigenvalue weighted by atomic mass is 19.1. The highest BCUT2D eigenvalue weighted by Gasteiger charge is 2.20. The number of halogens is 1. The molecule has 2 aromatic carbocycles. The molecule has 0 aliphatic heterocycles. The molecule has 0 saturated carbocycles. The largest absolute Gasteiger partial charge is 0.508 e. The van der Waals surface area contributed by atoms with Crippen molar-refractivity contribution in [2.45, 2.75) is 32.6 Å². The van der Waals surface area contributed by atoms with Gasteiger partial charge in [-0.1, -0.05) is 51.6 Å². The highest BCUT2D eigenvalue weighted by molar-refractivity contribution is 5.80. The van der Waals surface area contributed by atoms with Crippen molar-refractivity contribution in [1.82, 2.24) is 4.90 Å². The van der Waals surface area contributed by atoms with Crippen LogP contribution in [0.15, 0.2) is 49.0 Å². The molecular weight excluding hydrogens is 357 g/mol. The zero-order valence-electron chi connectivity index (χ0n) is 17.0. The second-order valence-electron chi connectivity index (χ2n) is 7.83. The number of amides is 1. The Kier molecular flexibility index (Phi) is 6.84. The fourth-order valence-corrected chi connectivity index (χ4v) is 2.89. The van der Waals surface area contributed by atoms with E-state index >= 15 is 0 Å². The first-order valence-electron chi connectivity index (χ1n) is 9.22. The quantitative estimate of drug-likeness (QED) is 0.701. The van der Waals surface area contributed by atoms with Crippen LogP contribution in [0.25, 0.3) is 5.76 Å². The van der Waals surface area contributed by atoms with Crippen LogP contribution < -0.4 is 4.74 Å². The van der Waals surface area contributed by atoms with Crippen LogP contribution >= 0.6 is 0 Å². The standard InChI is InChI=1S/C23H28FNO3/c1-16(26)19-9-7-6-8-17(19)14-22(27)25(5)12-13-28-21-11-10-18(24)15-20(21)23(2,3)4/h6-11,15,26H,1,12-14H2,2-5H3. The fourth-order valence-electron chi connectivity index (χ4n) is 2.89. The van der Waals surface area contributed by atoms with E-state index in [4.69, 9.17) is 4.74 Å². The maximum Gasteiger partial charge on any atom is 0.226 e. The number of nitrogens with zero attached hydrogens (tertiary/aromatic N) is 1. The lowest BCUT2D eigenvalue weighted by Crippen LogP contribution is -2.32. The number of benzene rings is 2. The second-order valence-corrected chi connectivity index (χ2v) is 7.83. The van der Waals surface area contributed by atoms with Crippen LogP contribution in [0.3, 0.4) is 0 Å². The molecule has 0 radical (unpaired) electrons. The van der Waals surface area contributed by atoms with Gasteiger partial charge >= 0.3 is 0 Å². The molecule has 1 amide bonds. The van der Waals surface area contributed by atoms with E-state index in [2.05, 4.69) is 6.58 Å². The molecule has 2 aromatic rings. The normalized spacial score (nSPS) is 11.2. The minimum atomic E-state index is -0.297. The van der Waals surface area contributed by atoms with Gasteiger partial charge in [-0.25, -0.2) is 4.39 Å². The van der Waals surface area contributed by atoms with Crippen molar-refractivity contribution in [2.24, 2.45) is 0 Å². The zero-order chi connectivity index (χ0) is 20.9. The predicted molar refractivity (Wildman–Crippen MR) is 110 cm³/mol. The third-order valence-corrected chi connectivity index (χ3v) is 4.53. The van der Waals surface area contributed by atoms with Crippen molar-refractivity contribution in [3.63, 3.8) is 0 Å². The fraction of sp³-hybridized carbons (Fsp3) is 0.348. The zero-order valence-corrected chi connectivity index (χ0v) is 17.0. The van der Waals surface area contributed by atoms with Crippen molar-refractivity contribution in [2.75, 3.05) is 20.2 Å². The van der Waals surface area contributed by atoms with Gasteiger partial charge in [0.15, 0.2) is 0 Å². The van der Waals surface area contributed by atoms with Gasteiger partial charge in [-0.05, 0) is 29.2 Å². The first-order valence-corrected chi connectivity index (χ1v) is 9.22. The van der Waals surface area contributed by atoms with Crippen molar-refractivity contribution in [3.8, 4) is 5.75 Å². The minimum absolute atomic E-state index is 0.0552. The van der Waals surface area contributed by atoms with Crippen molar-refractivity contribution < 1.29 is 19.0 Å². The number of hydrogen-bond donors (Lipinski definition) is 1. The predicted octanol–water partition coefficient (Wildman–Crippen LogP) is 4.73. The van der Waals surface area contributed by atoms with Crippen LogP contribution in [-0.4, -0.2) is 36.1 Å². The number of carbonyl (C=O) groups is 1. The minimum Gasteiger partial charge on any atom is -0.508 e. The van der Waals surface area contributed by atoms with Gasteiger partial charge in [0.1, 0.15) is 23.9 Å². The molecule has 0 fully saturated rings. The van der Waals surface area contributed by atoms with E-state index in [1.54, 1.807) is 36.2 Å². The van der Waals surface area contributed by atoms with E-state index in [-0.39, 0.29) is 29.3 Å². The smallest absolute Gasteiger partial charge is 0.226 e. The van der Waals surface area contributed by atoms with Gasteiger partial charge < -0.3 is 14.7 Å². The van der Waals surface area contributed by atoms with Gasteiger partial charge in [-0.3, -0.25) is 4.79 Å². The first kappa shape index (κ1) is 21.5. The third kappa shape index (κ3) is 5.59. The monoisotopic (exact) mass is 385 g/mol. The van der Waals surface area contributed by atoms with Gasteiger partial charge in [-0.15, -0.1) is 0 Å². The summed E-state index contributed by atoms with van der Waals surface area (Å²) in [6.07, 6.45) is 0.163. The molecule has 1 N–H and O–H groups in total. The molecule has 0 aromatic heterocycles. The summed E-state index contributed by atoms with van der Waals surface area (Å²) in [7, 11) is 1.71. The van der Waals surface area contributed by atoms with Crippen LogP contribution in [0, 0.1) is 5.82 Å². The number of likely N-dealkylation sites (N-methyl/N-ethyl adjacent to an activating group) is 1. The summed E-state index contributed by atoms with van der Waals surface area (Å²) < 4.78 is 19.4. The molecule has 0 atom stereocenters. The van der Waals surface area contributed by atoms with Crippen LogP contribution in [0.1, 0.15) is 37.5 Å². The molecule has 0 unspecified atom stereocenters. The number of ether oxygens (including phenoxy) is 1. The molecule has 5 heteroatoms. The van der Waals surface area contributed by atoms with Crippen LogP contribution in [-0.2, 0) is 16.6 Å². The van der Waals surface area contributed by atoms with Gasteiger partial charge in [0.05, 0.1) is 13.0 Å². The Bertz CT molecular complexity index is 855. The Hall–Kier alpha value is -2.82. The Morgan fingerprint density at radius 3 is 2.54 bits per heavy atom. The highest BCUT2D eigenvalue weighted by Crippen LogP contribution is 2.31. The lowest BCUT2D eigenvalue weighted by Gasteiger charge is -2.24. The third-order valence-electron chi connectivity index (χ3n) is 4.53. The van der Waals surface area contributed by atoms with Gasteiger partial charge in [-0.2, -0.15) is 0 Å². The Labute approximate surface area is 166 Å². The molecule has 28 heavy (non-hydrogen) atoms. The molecule has 2 rings (SSSR count). The Morgan fingerprint density at radius 1 is 1.21 bits per heavy atom. The summed E-state index contributed by atoms with van der Waals surface area (Å²) in [6.45, 7) is 10.2. The maximum atomic E-state index is 13.6. The molecule has 0 bridgehead atoms. The summed E-state index contributed by atoms with van der Waals surface area (Å²) in [5.74, 6) is 0.179. The molecular formula is C23H28FNO3. The average molecular weight is 385 g/mol. The van der Waals surface area contributed by atoms with Crippen molar-refractivity contribution >= 4 is 11.7 Å². The molecule has 0 aliphatic carbocycles. The Balaban J connectivity index is 1.97. The molecule has 4 nitrogen and oxygen atoms in total. The SMILES string of the molecule is C=C(O)c1ccccc1CC(=O)N(C)CCOc1ccc(F)cc1C(C)(C)C. The number of aliphatic hydroxyl groups is 1. The van der Waals surface area contributed by atoms with Crippen LogP contribution in [0.4, 0.5) is 4.39 Å². The van der Waals surface area contributed by atoms with Gasteiger partial charge in [0.25, 0.3) is 0 Å². The lowest BCUT2D eigenvalue weighted by molar-refractivity contribution is -0.129. The molecule has 0 heterocycles. The second kappa shape index (κ2) is 8.91. The summed E-state index contributed by atoms with van der Waals surface area (Å²) in [6, 6.07) is 11.6. The molecule has 0 spiro atoms. The van der Waals surface area contributed by atoms with E-state index in [1.807, 2.05) is 26.8 Å². The number of hydrogen-bond acceptors (Lipinski definition) is 3. The van der Waals surface area contributed by atoms with Crippen molar-refractivity contribution in [1.29, 1.82) is 0 Å². The molecule has 150 valence electrons. The maximum absolute atomic E-state index is 13.6. The van der Waals surface area contributed by atoms with Gasteiger partial charge in [0.2, 0.25) is 5.91 Å². The van der Waals surface area contributed by atoms with E-state index in [0.29, 0.717) is 24.5 Å². The van der Waals surface area contributed by atoms with Crippen LogP contribution in [0.5, 0.6) is 5.75 Å². The number of carbonyl (C=O) groups excluding carboxylic acids is 1. The summed E-state index contributed by atoms with van der Waals surface area (Å²) in [5, 5.41) is 9.67. The van der Waals surface area contributed by atoms with Crippen LogP contribution in [0.2, 0.25) is 0 Å². The number of rotatable bonds is 7.